The molecular weight excluding hydrogens is 367 g/mol. The maximum atomic E-state index is 12.6. The molecule has 1 atom stereocenters. The fraction of sp³-hybridized carbons (Fsp3) is 0.118. The van der Waals surface area contributed by atoms with Gasteiger partial charge in [-0.3, -0.25) is 24.6 Å². The van der Waals surface area contributed by atoms with E-state index in [9.17, 15) is 29.6 Å². The zero-order chi connectivity index (χ0) is 18.1. The van der Waals surface area contributed by atoms with Crippen LogP contribution in [-0.4, -0.2) is 33.6 Å². The minimum atomic E-state index is -1.61. The first-order valence-electron chi connectivity index (χ1n) is 7.32. The van der Waals surface area contributed by atoms with Gasteiger partial charge < -0.3 is 9.90 Å². The number of nitro benzene ring substituents is 1. The monoisotopic (exact) mass is 378 g/mol. The number of carbonyl (C=O) groups excluding carboxylic acids is 3. The summed E-state index contributed by atoms with van der Waals surface area (Å²) < 4.78 is 0. The number of hydrogen-bond donors (Lipinski definition) is 0. The molecule has 9 heteroatoms. The number of aliphatic carboxylic acids is 1. The molecule has 8 nitrogen and oxygen atoms in total. The van der Waals surface area contributed by atoms with Gasteiger partial charge in [-0.25, -0.2) is 0 Å². The quantitative estimate of drug-likeness (QED) is 0.247. The molecule has 0 spiro atoms. The molecule has 26 heavy (non-hydrogen) atoms. The van der Waals surface area contributed by atoms with Crippen molar-refractivity contribution in [2.75, 3.05) is 0 Å². The number of nitrogens with zero attached hydrogens (tertiary/aromatic N) is 2. The SMILES string of the molecule is O=C([O-])C(Cc1ccccc1)N1C(=O)c2cccc([N+](=O)[O-])c2C1=O.[K+]. The van der Waals surface area contributed by atoms with E-state index in [0.717, 1.165) is 6.07 Å². The molecule has 2 aromatic carbocycles. The van der Waals surface area contributed by atoms with Crippen LogP contribution in [0.5, 0.6) is 0 Å². The second kappa shape index (κ2) is 8.19. The first-order chi connectivity index (χ1) is 11.9. The van der Waals surface area contributed by atoms with E-state index < -0.39 is 40.0 Å². The van der Waals surface area contributed by atoms with Gasteiger partial charge in [-0.05, 0) is 18.1 Å². The molecule has 3 rings (SSSR count). The molecule has 0 fully saturated rings. The van der Waals surface area contributed by atoms with Crippen molar-refractivity contribution in [2.45, 2.75) is 12.5 Å². The van der Waals surface area contributed by atoms with Crippen molar-refractivity contribution in [1.29, 1.82) is 0 Å². The molecule has 126 valence electrons. The molecule has 0 bridgehead atoms. The van der Waals surface area contributed by atoms with Gasteiger partial charge in [-0.2, -0.15) is 0 Å². The molecule has 0 saturated heterocycles. The molecule has 0 radical (unpaired) electrons. The Kier molecular flexibility index (Phi) is 6.42. The largest absolute Gasteiger partial charge is 1.00 e. The number of imide groups is 1. The number of carboxylic acid groups (broad SMARTS) is 1. The van der Waals surface area contributed by atoms with Crippen LogP contribution in [0.25, 0.3) is 0 Å². The number of rotatable bonds is 5. The molecule has 0 aliphatic carbocycles. The molecule has 2 aromatic rings. The third kappa shape index (κ3) is 3.62. The Morgan fingerprint density at radius 1 is 1.04 bits per heavy atom. The normalized spacial score (nSPS) is 13.8. The van der Waals surface area contributed by atoms with Crippen LogP contribution in [0.3, 0.4) is 0 Å². The van der Waals surface area contributed by atoms with E-state index in [0.29, 0.717) is 10.5 Å². The van der Waals surface area contributed by atoms with Crippen molar-refractivity contribution < 1.29 is 75.8 Å². The Balaban J connectivity index is 0.00000243. The van der Waals surface area contributed by atoms with Crippen molar-refractivity contribution in [3.63, 3.8) is 0 Å². The van der Waals surface area contributed by atoms with Gasteiger partial charge in [0.2, 0.25) is 0 Å². The van der Waals surface area contributed by atoms with Crippen LogP contribution < -0.4 is 56.5 Å². The fourth-order valence-corrected chi connectivity index (χ4v) is 2.84. The first kappa shape index (κ1) is 20.4. The Bertz CT molecular complexity index is 899. The molecule has 0 saturated carbocycles. The van der Waals surface area contributed by atoms with Crippen LogP contribution in [0, 0.1) is 10.1 Å². The van der Waals surface area contributed by atoms with Gasteiger partial charge in [0.15, 0.2) is 0 Å². The minimum Gasteiger partial charge on any atom is -0.548 e. The van der Waals surface area contributed by atoms with Crippen LogP contribution >= 0.6 is 0 Å². The Labute approximate surface area is 190 Å². The molecule has 0 aromatic heterocycles. The maximum absolute atomic E-state index is 12.6. The van der Waals surface area contributed by atoms with E-state index >= 15 is 0 Å². The average molecular weight is 378 g/mol. The van der Waals surface area contributed by atoms with Crippen molar-refractivity contribution in [2.24, 2.45) is 0 Å². The predicted molar refractivity (Wildman–Crippen MR) is 82.5 cm³/mol. The second-order valence-electron chi connectivity index (χ2n) is 5.46. The van der Waals surface area contributed by atoms with Gasteiger partial charge in [0.05, 0.1) is 22.5 Å². The number of fused-ring (bicyclic) bond motifs is 1. The summed E-state index contributed by atoms with van der Waals surface area (Å²) in [6.07, 6.45) is -0.150. The molecular formula is C17H11KN2O6. The summed E-state index contributed by atoms with van der Waals surface area (Å²) in [5, 5.41) is 22.7. The summed E-state index contributed by atoms with van der Waals surface area (Å²) in [7, 11) is 0. The van der Waals surface area contributed by atoms with Crippen LogP contribution in [-0.2, 0) is 11.2 Å². The smallest absolute Gasteiger partial charge is 0.548 e. The Morgan fingerprint density at radius 2 is 1.69 bits per heavy atom. The van der Waals surface area contributed by atoms with E-state index in [1.165, 1.54) is 12.1 Å². The number of hydrogen-bond acceptors (Lipinski definition) is 6. The van der Waals surface area contributed by atoms with Gasteiger partial charge in [0.25, 0.3) is 17.5 Å². The van der Waals surface area contributed by atoms with E-state index in [-0.39, 0.29) is 63.4 Å². The van der Waals surface area contributed by atoms with Gasteiger partial charge in [0, 0.05) is 6.07 Å². The number of carboxylic acids is 1. The Morgan fingerprint density at radius 3 is 2.27 bits per heavy atom. The molecule has 1 aliphatic heterocycles. The third-order valence-corrected chi connectivity index (χ3v) is 3.98. The van der Waals surface area contributed by atoms with Crippen LogP contribution in [0.15, 0.2) is 48.5 Å². The summed E-state index contributed by atoms with van der Waals surface area (Å²) in [5.41, 5.74) is -0.520. The first-order valence-corrected chi connectivity index (χ1v) is 7.32. The zero-order valence-corrected chi connectivity index (χ0v) is 16.9. The van der Waals surface area contributed by atoms with Crippen LogP contribution in [0.2, 0.25) is 0 Å². The second-order valence-corrected chi connectivity index (χ2v) is 5.46. The van der Waals surface area contributed by atoms with E-state index in [1.54, 1.807) is 30.3 Å². The number of carbonyl (C=O) groups is 3. The van der Waals surface area contributed by atoms with Crippen molar-refractivity contribution >= 4 is 23.5 Å². The summed E-state index contributed by atoms with van der Waals surface area (Å²) in [6, 6.07) is 10.5. The maximum Gasteiger partial charge on any atom is 1.00 e. The minimum absolute atomic E-state index is 0. The number of nitro groups is 1. The zero-order valence-electron chi connectivity index (χ0n) is 13.7. The summed E-state index contributed by atoms with van der Waals surface area (Å²) in [6.45, 7) is 0. The fourth-order valence-electron chi connectivity index (χ4n) is 2.84. The van der Waals surface area contributed by atoms with Crippen molar-refractivity contribution in [3.05, 3.63) is 75.3 Å². The molecule has 1 unspecified atom stereocenters. The van der Waals surface area contributed by atoms with E-state index in [4.69, 9.17) is 0 Å². The summed E-state index contributed by atoms with van der Waals surface area (Å²) >= 11 is 0. The summed E-state index contributed by atoms with van der Waals surface area (Å²) in [4.78, 5) is 47.5. The Hall–Kier alpha value is -1.91. The number of benzene rings is 2. The van der Waals surface area contributed by atoms with Crippen LogP contribution in [0.1, 0.15) is 26.3 Å². The van der Waals surface area contributed by atoms with Gasteiger partial charge >= 0.3 is 51.4 Å². The summed E-state index contributed by atoms with van der Waals surface area (Å²) in [5.74, 6) is -3.49. The molecule has 1 heterocycles. The standard InChI is InChI=1S/C17H12N2O6.K/c20-15-11-7-4-8-12(19(24)25)14(11)16(21)18(15)13(17(22)23)9-10-5-2-1-3-6-10;/h1-8,13H,9H2,(H,22,23);/q;+1/p-1. The molecule has 1 aliphatic rings. The van der Waals surface area contributed by atoms with Crippen LogP contribution in [0.4, 0.5) is 5.69 Å². The topological polar surface area (TPSA) is 121 Å². The average Bonchev–Trinajstić information content (AvgIpc) is 2.85. The van der Waals surface area contributed by atoms with Gasteiger partial charge in [-0.15, -0.1) is 0 Å². The third-order valence-electron chi connectivity index (χ3n) is 3.98. The van der Waals surface area contributed by atoms with E-state index in [1.807, 2.05) is 0 Å². The van der Waals surface area contributed by atoms with Gasteiger partial charge in [-0.1, -0.05) is 36.4 Å². The molecule has 2 amide bonds. The number of amides is 2. The van der Waals surface area contributed by atoms with Crippen molar-refractivity contribution in [3.8, 4) is 0 Å². The van der Waals surface area contributed by atoms with Crippen molar-refractivity contribution in [1.82, 2.24) is 4.90 Å². The predicted octanol–water partition coefficient (Wildman–Crippen LogP) is -2.44. The van der Waals surface area contributed by atoms with E-state index in [2.05, 4.69) is 0 Å². The van der Waals surface area contributed by atoms with Gasteiger partial charge in [0.1, 0.15) is 5.56 Å². The molecule has 0 N–H and O–H groups in total.